The van der Waals surface area contributed by atoms with E-state index in [1.807, 2.05) is 19.9 Å². The van der Waals surface area contributed by atoms with E-state index in [1.165, 1.54) is 17.4 Å². The Labute approximate surface area is 148 Å². The summed E-state index contributed by atoms with van der Waals surface area (Å²) in [6, 6.07) is 8.18. The molecule has 0 aliphatic heterocycles. The lowest BCUT2D eigenvalue weighted by molar-refractivity contribution is 0.0952. The van der Waals surface area contributed by atoms with Crippen LogP contribution in [-0.4, -0.2) is 10.5 Å². The number of nitrogens with one attached hydrogen (secondary N) is 1. The Kier molecular flexibility index (Phi) is 4.99. The Morgan fingerprint density at radius 1 is 1.28 bits per heavy atom. The van der Waals surface area contributed by atoms with Crippen LogP contribution >= 0.6 is 11.3 Å². The van der Waals surface area contributed by atoms with Gasteiger partial charge in [-0.1, -0.05) is 25.1 Å². The molecule has 1 amide bonds. The van der Waals surface area contributed by atoms with E-state index < -0.39 is 0 Å². The van der Waals surface area contributed by atoms with Crippen LogP contribution in [0.4, 0.5) is 4.39 Å². The van der Waals surface area contributed by atoms with Crippen molar-refractivity contribution >= 4 is 27.3 Å². The first-order valence-corrected chi connectivity index (χ1v) is 8.98. The molecule has 0 saturated heterocycles. The molecule has 0 unspecified atom stereocenters. The second-order valence-corrected chi connectivity index (χ2v) is 7.12. The lowest BCUT2D eigenvalue weighted by atomic mass is 10.1. The van der Waals surface area contributed by atoms with Crippen LogP contribution in [0.25, 0.3) is 10.1 Å². The van der Waals surface area contributed by atoms with E-state index in [-0.39, 0.29) is 23.8 Å². The zero-order chi connectivity index (χ0) is 18.0. The molecule has 2 aromatic heterocycles. The predicted octanol–water partition coefficient (Wildman–Crippen LogP) is 3.85. The first-order valence-electron chi connectivity index (χ1n) is 8.17. The van der Waals surface area contributed by atoms with E-state index in [4.69, 9.17) is 0 Å². The van der Waals surface area contributed by atoms with Gasteiger partial charge in [0, 0.05) is 34.4 Å². The van der Waals surface area contributed by atoms with Gasteiger partial charge in [0.25, 0.3) is 11.5 Å². The summed E-state index contributed by atoms with van der Waals surface area (Å²) in [6.07, 6.45) is 2.61. The van der Waals surface area contributed by atoms with Crippen molar-refractivity contribution in [2.75, 3.05) is 0 Å². The number of benzene rings is 1. The molecule has 1 aromatic carbocycles. The van der Waals surface area contributed by atoms with Crippen molar-refractivity contribution < 1.29 is 9.18 Å². The standard InChI is InChI=1S/C19H19FN2O2S/c1-3-9-22-10-8-15-17(19(22)24)16(12(2)25-15)18(23)21-11-13-6-4-5-7-14(13)20/h4-8,10H,3,9,11H2,1-2H3,(H,21,23). The molecule has 0 bridgehead atoms. The highest BCUT2D eigenvalue weighted by molar-refractivity contribution is 7.19. The molecule has 0 atom stereocenters. The number of carbonyl (C=O) groups is 1. The number of amides is 1. The molecule has 6 heteroatoms. The van der Waals surface area contributed by atoms with Crippen LogP contribution in [-0.2, 0) is 13.1 Å². The predicted molar refractivity (Wildman–Crippen MR) is 98.7 cm³/mol. The molecular formula is C19H19FN2O2S. The molecule has 0 saturated carbocycles. The largest absolute Gasteiger partial charge is 0.348 e. The Balaban J connectivity index is 1.95. The zero-order valence-electron chi connectivity index (χ0n) is 14.1. The van der Waals surface area contributed by atoms with Crippen LogP contribution in [0.5, 0.6) is 0 Å². The second-order valence-electron chi connectivity index (χ2n) is 5.86. The molecule has 0 spiro atoms. The van der Waals surface area contributed by atoms with Crippen LogP contribution in [0.1, 0.15) is 34.1 Å². The fraction of sp³-hybridized carbons (Fsp3) is 0.263. The van der Waals surface area contributed by atoms with E-state index in [0.717, 1.165) is 16.0 Å². The van der Waals surface area contributed by atoms with Gasteiger partial charge in [0.05, 0.1) is 10.9 Å². The number of pyridine rings is 1. The summed E-state index contributed by atoms with van der Waals surface area (Å²) in [7, 11) is 0. The highest BCUT2D eigenvalue weighted by atomic mass is 32.1. The monoisotopic (exact) mass is 358 g/mol. The van der Waals surface area contributed by atoms with E-state index in [0.29, 0.717) is 23.1 Å². The second kappa shape index (κ2) is 7.19. The summed E-state index contributed by atoms with van der Waals surface area (Å²) in [4.78, 5) is 26.2. The maximum Gasteiger partial charge on any atom is 0.260 e. The number of carbonyl (C=O) groups excluding carboxylic acids is 1. The molecule has 3 rings (SSSR count). The van der Waals surface area contributed by atoms with Crippen molar-refractivity contribution in [1.29, 1.82) is 0 Å². The van der Waals surface area contributed by atoms with Crippen LogP contribution in [0.15, 0.2) is 41.3 Å². The number of hydrogen-bond acceptors (Lipinski definition) is 3. The van der Waals surface area contributed by atoms with Crippen LogP contribution in [0.2, 0.25) is 0 Å². The number of hydrogen-bond donors (Lipinski definition) is 1. The minimum absolute atomic E-state index is 0.0816. The van der Waals surface area contributed by atoms with Crippen LogP contribution < -0.4 is 10.9 Å². The lowest BCUT2D eigenvalue weighted by Crippen LogP contribution is -2.26. The molecule has 2 heterocycles. The summed E-state index contributed by atoms with van der Waals surface area (Å²) in [5, 5.41) is 3.18. The first-order chi connectivity index (χ1) is 12.0. The van der Waals surface area contributed by atoms with Gasteiger partial charge in [-0.15, -0.1) is 11.3 Å². The molecule has 130 valence electrons. The Morgan fingerprint density at radius 3 is 2.76 bits per heavy atom. The summed E-state index contributed by atoms with van der Waals surface area (Å²) in [5.41, 5.74) is 0.656. The van der Waals surface area contributed by atoms with Crippen LogP contribution in [0, 0.1) is 12.7 Å². The molecule has 25 heavy (non-hydrogen) atoms. The molecule has 0 fully saturated rings. The fourth-order valence-electron chi connectivity index (χ4n) is 2.86. The highest BCUT2D eigenvalue weighted by Crippen LogP contribution is 2.28. The zero-order valence-corrected chi connectivity index (χ0v) is 15.0. The Bertz CT molecular complexity index is 991. The number of thiophene rings is 1. The van der Waals surface area contributed by atoms with Crippen molar-refractivity contribution in [2.45, 2.75) is 33.4 Å². The number of rotatable bonds is 5. The van der Waals surface area contributed by atoms with Gasteiger partial charge in [0.15, 0.2) is 0 Å². The van der Waals surface area contributed by atoms with Gasteiger partial charge in [0.2, 0.25) is 0 Å². The van der Waals surface area contributed by atoms with Gasteiger partial charge in [0.1, 0.15) is 5.82 Å². The minimum atomic E-state index is -0.361. The van der Waals surface area contributed by atoms with Crippen LogP contribution in [0.3, 0.4) is 0 Å². The summed E-state index contributed by atoms with van der Waals surface area (Å²) < 4.78 is 16.1. The molecular weight excluding hydrogens is 339 g/mol. The van der Waals surface area contributed by atoms with Crippen molar-refractivity contribution in [2.24, 2.45) is 0 Å². The number of halogens is 1. The average Bonchev–Trinajstić information content (AvgIpc) is 2.93. The summed E-state index contributed by atoms with van der Waals surface area (Å²) in [6.45, 7) is 4.52. The van der Waals surface area contributed by atoms with Crippen molar-refractivity contribution in [3.05, 3.63) is 68.7 Å². The van der Waals surface area contributed by atoms with Crippen molar-refractivity contribution in [1.82, 2.24) is 9.88 Å². The number of aromatic nitrogens is 1. The van der Waals surface area contributed by atoms with E-state index in [1.54, 1.807) is 29.0 Å². The third-order valence-electron chi connectivity index (χ3n) is 4.08. The van der Waals surface area contributed by atoms with Gasteiger partial charge >= 0.3 is 0 Å². The third kappa shape index (κ3) is 3.35. The first kappa shape index (κ1) is 17.4. The fourth-order valence-corrected chi connectivity index (χ4v) is 3.91. The molecule has 0 aliphatic carbocycles. The molecule has 0 radical (unpaired) electrons. The maximum absolute atomic E-state index is 13.7. The topological polar surface area (TPSA) is 51.1 Å². The van der Waals surface area contributed by atoms with Crippen molar-refractivity contribution in [3.8, 4) is 0 Å². The molecule has 1 N–H and O–H groups in total. The lowest BCUT2D eigenvalue weighted by Gasteiger charge is -2.08. The van der Waals surface area contributed by atoms with E-state index in [9.17, 15) is 14.0 Å². The highest BCUT2D eigenvalue weighted by Gasteiger charge is 2.20. The average molecular weight is 358 g/mol. The SMILES string of the molecule is CCCn1ccc2sc(C)c(C(=O)NCc3ccccc3F)c2c1=O. The van der Waals surface area contributed by atoms with E-state index >= 15 is 0 Å². The van der Waals surface area contributed by atoms with Gasteiger partial charge in [-0.2, -0.15) is 0 Å². The molecule has 0 aliphatic rings. The number of fused-ring (bicyclic) bond motifs is 1. The Hall–Kier alpha value is -2.47. The number of nitrogens with zero attached hydrogens (tertiary/aromatic N) is 1. The van der Waals surface area contributed by atoms with Crippen molar-refractivity contribution in [3.63, 3.8) is 0 Å². The Morgan fingerprint density at radius 2 is 2.04 bits per heavy atom. The quantitative estimate of drug-likeness (QED) is 0.753. The number of aryl methyl sites for hydroxylation is 2. The smallest absolute Gasteiger partial charge is 0.260 e. The molecule has 4 nitrogen and oxygen atoms in total. The normalized spacial score (nSPS) is 11.0. The van der Waals surface area contributed by atoms with Gasteiger partial charge in [-0.05, 0) is 25.5 Å². The summed E-state index contributed by atoms with van der Waals surface area (Å²) >= 11 is 1.42. The summed E-state index contributed by atoms with van der Waals surface area (Å²) in [5.74, 6) is -0.710. The molecule has 3 aromatic rings. The van der Waals surface area contributed by atoms with E-state index in [2.05, 4.69) is 5.32 Å². The van der Waals surface area contributed by atoms with Gasteiger partial charge in [-0.25, -0.2) is 4.39 Å². The van der Waals surface area contributed by atoms with Gasteiger partial charge < -0.3 is 9.88 Å². The third-order valence-corrected chi connectivity index (χ3v) is 5.15. The minimum Gasteiger partial charge on any atom is -0.348 e. The van der Waals surface area contributed by atoms with Gasteiger partial charge in [-0.3, -0.25) is 9.59 Å². The maximum atomic E-state index is 13.7.